The smallest absolute Gasteiger partial charge is 0.407 e. The average molecular weight is 451 g/mol. The van der Waals surface area contributed by atoms with Crippen LogP contribution in [-0.4, -0.2) is 39.9 Å². The Balaban J connectivity index is 1.40. The van der Waals surface area contributed by atoms with E-state index in [0.717, 1.165) is 21.9 Å². The van der Waals surface area contributed by atoms with Gasteiger partial charge in [0.05, 0.1) is 17.1 Å². The number of carbonyl (C=O) groups is 1. The van der Waals surface area contributed by atoms with E-state index in [2.05, 4.69) is 10.6 Å². The highest BCUT2D eigenvalue weighted by molar-refractivity contribution is 5.89. The molecule has 1 unspecified atom stereocenters. The zero-order valence-corrected chi connectivity index (χ0v) is 17.8. The number of rotatable bonds is 7. The molecule has 4 N–H and O–H groups in total. The summed E-state index contributed by atoms with van der Waals surface area (Å²) in [7, 11) is 0. The molecule has 0 saturated carbocycles. The summed E-state index contributed by atoms with van der Waals surface area (Å²) in [6, 6.07) is 16.9. The van der Waals surface area contributed by atoms with E-state index >= 15 is 0 Å². The van der Waals surface area contributed by atoms with Crippen molar-refractivity contribution in [2.45, 2.75) is 37.8 Å². The minimum Gasteiger partial charge on any atom is -0.445 e. The Kier molecular flexibility index (Phi) is 6.83. The van der Waals surface area contributed by atoms with Gasteiger partial charge in [0, 0.05) is 31.3 Å². The normalized spacial score (nSPS) is 18.7. The topological polar surface area (TPSA) is 134 Å². The molecule has 1 heterocycles. The molecule has 1 fully saturated rings. The fourth-order valence-electron chi connectivity index (χ4n) is 4.08. The molecule has 9 heteroatoms. The van der Waals surface area contributed by atoms with Crippen LogP contribution in [0.5, 0.6) is 0 Å². The van der Waals surface area contributed by atoms with Crippen LogP contribution >= 0.6 is 0 Å². The lowest BCUT2D eigenvalue weighted by Crippen LogP contribution is -2.29. The summed E-state index contributed by atoms with van der Waals surface area (Å²) >= 11 is 0. The number of nitrogens with one attached hydrogen (secondary N) is 2. The van der Waals surface area contributed by atoms with Crippen LogP contribution in [0.3, 0.4) is 0 Å². The van der Waals surface area contributed by atoms with Gasteiger partial charge in [0.15, 0.2) is 0 Å². The van der Waals surface area contributed by atoms with E-state index in [9.17, 15) is 25.1 Å². The molecule has 4 rings (SSSR count). The van der Waals surface area contributed by atoms with Crippen LogP contribution in [0, 0.1) is 10.1 Å². The predicted octanol–water partition coefficient (Wildman–Crippen LogP) is 2.93. The number of hydrogen-bond acceptors (Lipinski definition) is 7. The third-order valence-corrected chi connectivity index (χ3v) is 5.83. The Hall–Kier alpha value is -3.53. The van der Waals surface area contributed by atoms with Crippen molar-refractivity contribution < 1.29 is 24.7 Å². The first kappa shape index (κ1) is 22.7. The summed E-state index contributed by atoms with van der Waals surface area (Å²) in [5, 5.41) is 39.0. The number of alkyl carbamates (subject to hydrolysis) is 1. The molecule has 1 aliphatic heterocycles. The molecule has 0 bridgehead atoms. The van der Waals surface area contributed by atoms with Crippen molar-refractivity contribution in [1.82, 2.24) is 10.6 Å². The van der Waals surface area contributed by atoms with Crippen molar-refractivity contribution >= 4 is 22.6 Å². The van der Waals surface area contributed by atoms with E-state index in [1.165, 1.54) is 12.1 Å². The summed E-state index contributed by atoms with van der Waals surface area (Å²) in [5.74, 6) is 0. The molecule has 0 spiro atoms. The van der Waals surface area contributed by atoms with E-state index in [1.54, 1.807) is 12.1 Å². The van der Waals surface area contributed by atoms with Gasteiger partial charge in [-0.25, -0.2) is 4.79 Å². The molecule has 9 nitrogen and oxygen atoms in total. The number of hydrogen-bond donors (Lipinski definition) is 4. The molecule has 3 aromatic carbocycles. The molecule has 0 aliphatic carbocycles. The number of aliphatic hydroxyl groups excluding tert-OH is 2. The lowest BCUT2D eigenvalue weighted by molar-refractivity contribution is -0.384. The number of nitrogens with zero attached hydrogens (tertiary/aromatic N) is 1. The van der Waals surface area contributed by atoms with Crippen molar-refractivity contribution in [3.05, 3.63) is 87.5 Å². The number of amides is 1. The molecule has 3 aromatic rings. The van der Waals surface area contributed by atoms with Gasteiger partial charge in [0.1, 0.15) is 6.61 Å². The maximum absolute atomic E-state index is 12.2. The van der Waals surface area contributed by atoms with E-state index in [1.807, 2.05) is 36.4 Å². The summed E-state index contributed by atoms with van der Waals surface area (Å²) in [5.41, 5.74) is 2.25. The number of ether oxygens (including phenoxy) is 1. The minimum absolute atomic E-state index is 0.00402. The first-order valence-corrected chi connectivity index (χ1v) is 10.7. The maximum atomic E-state index is 12.2. The molecule has 33 heavy (non-hydrogen) atoms. The monoisotopic (exact) mass is 451 g/mol. The van der Waals surface area contributed by atoms with Crippen LogP contribution in [0.25, 0.3) is 10.8 Å². The molecular formula is C24H25N3O6. The Bertz CT molecular complexity index is 1150. The van der Waals surface area contributed by atoms with E-state index in [0.29, 0.717) is 18.5 Å². The number of nitro benzene ring substituents is 1. The van der Waals surface area contributed by atoms with Crippen molar-refractivity contribution in [3.8, 4) is 0 Å². The number of carbonyl (C=O) groups excluding carboxylic acids is 1. The SMILES string of the molecule is O=C(NCc1ccc(C(O)[C@@H]2C[C@@H](O)CN2)c2ccccc12)OCc1ccc([N+](=O)[O-])cc1. The Morgan fingerprint density at radius 2 is 1.88 bits per heavy atom. The second-order valence-electron chi connectivity index (χ2n) is 8.06. The Morgan fingerprint density at radius 1 is 1.15 bits per heavy atom. The number of benzene rings is 3. The van der Waals surface area contributed by atoms with E-state index in [-0.39, 0.29) is 24.9 Å². The second-order valence-corrected chi connectivity index (χ2v) is 8.06. The number of non-ortho nitro benzene ring substituents is 1. The summed E-state index contributed by atoms with van der Waals surface area (Å²) in [6.45, 7) is 0.690. The van der Waals surface area contributed by atoms with Crippen molar-refractivity contribution in [3.63, 3.8) is 0 Å². The van der Waals surface area contributed by atoms with Crippen LogP contribution in [0.1, 0.15) is 29.2 Å². The Morgan fingerprint density at radius 3 is 2.55 bits per heavy atom. The molecule has 0 radical (unpaired) electrons. The van der Waals surface area contributed by atoms with Crippen molar-refractivity contribution in [1.29, 1.82) is 0 Å². The van der Waals surface area contributed by atoms with Crippen LogP contribution < -0.4 is 10.6 Å². The molecule has 1 amide bonds. The summed E-state index contributed by atoms with van der Waals surface area (Å²) in [6.07, 6.45) is -1.35. The third-order valence-electron chi connectivity index (χ3n) is 5.83. The average Bonchev–Trinajstić information content (AvgIpc) is 3.27. The molecule has 172 valence electrons. The Labute approximate surface area is 190 Å². The van der Waals surface area contributed by atoms with E-state index in [4.69, 9.17) is 4.74 Å². The van der Waals surface area contributed by atoms with Crippen LogP contribution in [0.4, 0.5) is 10.5 Å². The lowest BCUT2D eigenvalue weighted by atomic mass is 9.92. The molecule has 3 atom stereocenters. The zero-order valence-electron chi connectivity index (χ0n) is 17.8. The van der Waals surface area contributed by atoms with Gasteiger partial charge in [0.2, 0.25) is 0 Å². The number of β-amino-alcohol motifs (C(OH)–C–C–N with tert-alkyl or cyclic N) is 1. The molecule has 1 saturated heterocycles. The van der Waals surface area contributed by atoms with Crippen LogP contribution in [-0.2, 0) is 17.9 Å². The van der Waals surface area contributed by atoms with Crippen molar-refractivity contribution in [2.24, 2.45) is 0 Å². The van der Waals surface area contributed by atoms with Crippen LogP contribution in [0.15, 0.2) is 60.7 Å². The van der Waals surface area contributed by atoms with Crippen LogP contribution in [0.2, 0.25) is 0 Å². The maximum Gasteiger partial charge on any atom is 0.407 e. The highest BCUT2D eigenvalue weighted by Crippen LogP contribution is 2.31. The number of nitro groups is 1. The molecule has 0 aromatic heterocycles. The fraction of sp³-hybridized carbons (Fsp3) is 0.292. The van der Waals surface area contributed by atoms with E-state index < -0.39 is 23.2 Å². The number of fused-ring (bicyclic) bond motifs is 1. The standard InChI is InChI=1S/C24H25N3O6/c28-18-11-22(25-13-18)23(29)21-10-7-16(19-3-1-2-4-20(19)21)12-26-24(30)33-14-15-5-8-17(9-6-15)27(31)32/h1-10,18,22-23,25,28-29H,11-14H2,(H,26,30)/t18-,22+,23?/m1/s1. The largest absolute Gasteiger partial charge is 0.445 e. The lowest BCUT2D eigenvalue weighted by Gasteiger charge is -2.21. The number of aliphatic hydroxyl groups is 2. The minimum atomic E-state index is -0.763. The summed E-state index contributed by atoms with van der Waals surface area (Å²) < 4.78 is 5.21. The van der Waals surface area contributed by atoms with Gasteiger partial charge in [-0.15, -0.1) is 0 Å². The van der Waals surface area contributed by atoms with Gasteiger partial charge in [-0.3, -0.25) is 10.1 Å². The third kappa shape index (κ3) is 5.28. The molecular weight excluding hydrogens is 426 g/mol. The van der Waals surface area contributed by atoms with Gasteiger partial charge in [-0.05, 0) is 46.0 Å². The molecule has 1 aliphatic rings. The highest BCUT2D eigenvalue weighted by atomic mass is 16.6. The van der Waals surface area contributed by atoms with Crippen molar-refractivity contribution in [2.75, 3.05) is 6.54 Å². The zero-order chi connectivity index (χ0) is 23.4. The predicted molar refractivity (Wildman–Crippen MR) is 121 cm³/mol. The first-order chi connectivity index (χ1) is 15.9. The van der Waals surface area contributed by atoms with Gasteiger partial charge < -0.3 is 25.6 Å². The first-order valence-electron chi connectivity index (χ1n) is 10.7. The second kappa shape index (κ2) is 9.95. The highest BCUT2D eigenvalue weighted by Gasteiger charge is 2.30. The van der Waals surface area contributed by atoms with Gasteiger partial charge in [-0.1, -0.05) is 36.4 Å². The quantitative estimate of drug-likeness (QED) is 0.320. The fourth-order valence-corrected chi connectivity index (χ4v) is 4.08. The van der Waals surface area contributed by atoms with Gasteiger partial charge in [0.25, 0.3) is 5.69 Å². The summed E-state index contributed by atoms with van der Waals surface area (Å²) in [4.78, 5) is 22.4. The van der Waals surface area contributed by atoms with Gasteiger partial charge >= 0.3 is 6.09 Å². The van der Waals surface area contributed by atoms with Gasteiger partial charge in [-0.2, -0.15) is 0 Å².